The number of carbonyl (C=O) groups is 5. The number of carboxylic acids is 2. The predicted octanol–water partition coefficient (Wildman–Crippen LogP) is -0.910. The maximum Gasteiger partial charge on any atom is 0.326 e. The van der Waals surface area contributed by atoms with E-state index in [9.17, 15) is 34.2 Å². The summed E-state index contributed by atoms with van der Waals surface area (Å²) in [6.07, 6.45) is 1.14. The SMILES string of the molecule is CC(C)C(NC(=O)C(CO)NC(=O)C(Cc1c[nH]c2ccccc12)NC(=O)C(N)CCC(=O)O)C(=O)O. The van der Waals surface area contributed by atoms with Gasteiger partial charge < -0.3 is 42.0 Å². The molecule has 4 unspecified atom stereocenters. The van der Waals surface area contributed by atoms with Gasteiger partial charge in [0.15, 0.2) is 0 Å². The van der Waals surface area contributed by atoms with Crippen LogP contribution in [0.5, 0.6) is 0 Å². The number of aliphatic hydroxyl groups excluding tert-OH is 1. The number of hydrogen-bond donors (Lipinski definition) is 8. The van der Waals surface area contributed by atoms with Crippen molar-refractivity contribution in [2.75, 3.05) is 6.61 Å². The highest BCUT2D eigenvalue weighted by molar-refractivity contribution is 5.95. The Bertz CT molecular complexity index is 1130. The number of rotatable bonds is 14. The molecule has 0 spiro atoms. The first-order chi connectivity index (χ1) is 17.4. The maximum atomic E-state index is 13.2. The van der Waals surface area contributed by atoms with E-state index >= 15 is 0 Å². The van der Waals surface area contributed by atoms with Gasteiger partial charge in [-0.1, -0.05) is 32.0 Å². The summed E-state index contributed by atoms with van der Waals surface area (Å²) >= 11 is 0. The normalized spacial score (nSPS) is 14.4. The second-order valence-electron chi connectivity index (χ2n) is 8.98. The molecule has 9 N–H and O–H groups in total. The van der Waals surface area contributed by atoms with Gasteiger partial charge in [0.2, 0.25) is 17.7 Å². The van der Waals surface area contributed by atoms with Gasteiger partial charge in [-0.05, 0) is 24.0 Å². The largest absolute Gasteiger partial charge is 0.481 e. The Morgan fingerprint density at radius 1 is 0.946 bits per heavy atom. The average molecular weight is 520 g/mol. The minimum absolute atomic E-state index is 0.0171. The standard InChI is InChI=1S/C24H33N5O8/c1-12(2)20(24(36)37)29-23(35)18(11-30)28-22(34)17(27-21(33)15(25)7-8-19(31)32)9-13-10-26-16-6-4-3-5-14(13)16/h3-6,10,12,15,17-18,20,26,30H,7-9,11,25H2,1-2H3,(H,27,33)(H,28,34)(H,29,35)(H,31,32)(H,36,37). The lowest BCUT2D eigenvalue weighted by atomic mass is 10.0. The Morgan fingerprint density at radius 2 is 1.57 bits per heavy atom. The second-order valence-corrected chi connectivity index (χ2v) is 8.98. The number of aliphatic carboxylic acids is 2. The summed E-state index contributed by atoms with van der Waals surface area (Å²) in [4.78, 5) is 63.7. The molecule has 0 bridgehead atoms. The number of amides is 3. The molecule has 0 fully saturated rings. The number of benzene rings is 1. The molecule has 202 valence electrons. The summed E-state index contributed by atoms with van der Waals surface area (Å²) in [5, 5.41) is 35.8. The van der Waals surface area contributed by atoms with Gasteiger partial charge in [-0.3, -0.25) is 19.2 Å². The Labute approximate surface area is 212 Å². The van der Waals surface area contributed by atoms with E-state index in [4.69, 9.17) is 10.8 Å². The van der Waals surface area contributed by atoms with Crippen LogP contribution in [-0.2, 0) is 30.4 Å². The number of para-hydroxylation sites is 1. The molecule has 0 radical (unpaired) electrons. The fourth-order valence-corrected chi connectivity index (χ4v) is 3.65. The van der Waals surface area contributed by atoms with E-state index in [2.05, 4.69) is 20.9 Å². The van der Waals surface area contributed by atoms with Gasteiger partial charge in [-0.2, -0.15) is 0 Å². The fourth-order valence-electron chi connectivity index (χ4n) is 3.65. The molecular weight excluding hydrogens is 486 g/mol. The minimum atomic E-state index is -1.49. The molecular formula is C24H33N5O8. The van der Waals surface area contributed by atoms with Gasteiger partial charge in [0.25, 0.3) is 0 Å². The van der Waals surface area contributed by atoms with E-state index in [1.807, 2.05) is 18.2 Å². The quantitative estimate of drug-likeness (QED) is 0.154. The molecule has 4 atom stereocenters. The number of carboxylic acid groups (broad SMARTS) is 2. The molecule has 0 saturated heterocycles. The average Bonchev–Trinajstić information content (AvgIpc) is 3.25. The van der Waals surface area contributed by atoms with Gasteiger partial charge in [-0.25, -0.2) is 4.79 Å². The highest BCUT2D eigenvalue weighted by atomic mass is 16.4. The summed E-state index contributed by atoms with van der Waals surface area (Å²) in [5.74, 6) is -5.36. The summed E-state index contributed by atoms with van der Waals surface area (Å²) in [5.41, 5.74) is 7.26. The topological polar surface area (TPSA) is 224 Å². The monoisotopic (exact) mass is 519 g/mol. The summed E-state index contributed by atoms with van der Waals surface area (Å²) in [6.45, 7) is 2.35. The van der Waals surface area contributed by atoms with Crippen LogP contribution in [0.15, 0.2) is 30.5 Å². The Morgan fingerprint density at radius 3 is 2.16 bits per heavy atom. The van der Waals surface area contributed by atoms with Crippen LogP contribution in [-0.4, -0.2) is 80.7 Å². The van der Waals surface area contributed by atoms with Crippen LogP contribution >= 0.6 is 0 Å². The molecule has 1 heterocycles. The third-order valence-corrected chi connectivity index (χ3v) is 5.78. The molecule has 13 heteroatoms. The van der Waals surface area contributed by atoms with Crippen molar-refractivity contribution in [1.29, 1.82) is 0 Å². The molecule has 0 saturated carbocycles. The van der Waals surface area contributed by atoms with Gasteiger partial charge in [0.05, 0.1) is 12.6 Å². The zero-order valence-electron chi connectivity index (χ0n) is 20.6. The van der Waals surface area contributed by atoms with Crippen LogP contribution in [0.3, 0.4) is 0 Å². The lowest BCUT2D eigenvalue weighted by molar-refractivity contribution is -0.144. The van der Waals surface area contributed by atoms with E-state index in [-0.39, 0.29) is 19.3 Å². The number of fused-ring (bicyclic) bond motifs is 1. The van der Waals surface area contributed by atoms with Gasteiger partial charge in [0.1, 0.15) is 18.1 Å². The number of H-pyrrole nitrogens is 1. The number of aromatic amines is 1. The van der Waals surface area contributed by atoms with E-state index < -0.39 is 66.4 Å². The molecule has 2 aromatic rings. The Balaban J connectivity index is 2.23. The van der Waals surface area contributed by atoms with Crippen molar-refractivity contribution in [1.82, 2.24) is 20.9 Å². The summed E-state index contributed by atoms with van der Waals surface area (Å²) < 4.78 is 0. The lowest BCUT2D eigenvalue weighted by Gasteiger charge is -2.25. The minimum Gasteiger partial charge on any atom is -0.481 e. The third-order valence-electron chi connectivity index (χ3n) is 5.78. The molecule has 0 aliphatic heterocycles. The highest BCUT2D eigenvalue weighted by Gasteiger charge is 2.31. The highest BCUT2D eigenvalue weighted by Crippen LogP contribution is 2.19. The molecule has 13 nitrogen and oxygen atoms in total. The Hall–Kier alpha value is -3.97. The first-order valence-electron chi connectivity index (χ1n) is 11.7. The number of hydrogen-bond acceptors (Lipinski definition) is 7. The van der Waals surface area contributed by atoms with Crippen molar-refractivity contribution < 1.29 is 39.3 Å². The van der Waals surface area contributed by atoms with E-state index in [1.54, 1.807) is 26.1 Å². The van der Waals surface area contributed by atoms with Crippen molar-refractivity contribution in [3.63, 3.8) is 0 Å². The summed E-state index contributed by atoms with van der Waals surface area (Å²) in [7, 11) is 0. The van der Waals surface area contributed by atoms with Crippen LogP contribution in [0, 0.1) is 5.92 Å². The first kappa shape index (κ1) is 29.3. The number of aromatic nitrogens is 1. The summed E-state index contributed by atoms with van der Waals surface area (Å²) in [6, 6.07) is 2.09. The van der Waals surface area contributed by atoms with Crippen LogP contribution in [0.2, 0.25) is 0 Å². The van der Waals surface area contributed by atoms with Gasteiger partial charge >= 0.3 is 11.9 Å². The van der Waals surface area contributed by atoms with Crippen molar-refractivity contribution in [2.45, 2.75) is 57.3 Å². The number of carbonyl (C=O) groups excluding carboxylic acids is 3. The second kappa shape index (κ2) is 13.4. The van der Waals surface area contributed by atoms with Gasteiger partial charge in [-0.15, -0.1) is 0 Å². The van der Waals surface area contributed by atoms with Crippen molar-refractivity contribution >= 4 is 40.6 Å². The zero-order chi connectivity index (χ0) is 27.7. The van der Waals surface area contributed by atoms with E-state index in [0.29, 0.717) is 5.56 Å². The van der Waals surface area contributed by atoms with Gasteiger partial charge in [0, 0.05) is 29.9 Å². The van der Waals surface area contributed by atoms with Crippen LogP contribution in [0.1, 0.15) is 32.3 Å². The Kier molecular flexibility index (Phi) is 10.6. The molecule has 3 amide bonds. The predicted molar refractivity (Wildman–Crippen MR) is 132 cm³/mol. The number of nitrogens with one attached hydrogen (secondary N) is 4. The molecule has 2 rings (SSSR count). The van der Waals surface area contributed by atoms with Crippen molar-refractivity contribution in [3.05, 3.63) is 36.0 Å². The third kappa shape index (κ3) is 8.29. The maximum absolute atomic E-state index is 13.2. The van der Waals surface area contributed by atoms with Crippen molar-refractivity contribution in [3.8, 4) is 0 Å². The van der Waals surface area contributed by atoms with Crippen LogP contribution in [0.25, 0.3) is 10.9 Å². The molecule has 0 aliphatic rings. The molecule has 37 heavy (non-hydrogen) atoms. The van der Waals surface area contributed by atoms with E-state index in [0.717, 1.165) is 10.9 Å². The molecule has 0 aliphatic carbocycles. The molecule has 1 aromatic heterocycles. The van der Waals surface area contributed by atoms with Crippen LogP contribution in [0.4, 0.5) is 0 Å². The zero-order valence-corrected chi connectivity index (χ0v) is 20.6. The van der Waals surface area contributed by atoms with Crippen LogP contribution < -0.4 is 21.7 Å². The molecule has 1 aromatic carbocycles. The lowest BCUT2D eigenvalue weighted by Crippen LogP contribution is -2.59. The van der Waals surface area contributed by atoms with Crippen molar-refractivity contribution in [2.24, 2.45) is 11.7 Å². The van der Waals surface area contributed by atoms with E-state index in [1.165, 1.54) is 0 Å². The first-order valence-corrected chi connectivity index (χ1v) is 11.7. The smallest absolute Gasteiger partial charge is 0.326 e. The fraction of sp³-hybridized carbons (Fsp3) is 0.458. The number of aliphatic hydroxyl groups is 1. The number of nitrogens with two attached hydrogens (primary N) is 1.